The Hall–Kier alpha value is -3.74. The molecule has 0 aliphatic heterocycles. The highest BCUT2D eigenvalue weighted by molar-refractivity contribution is 5.94. The third kappa shape index (κ3) is 5.14. The van der Waals surface area contributed by atoms with Gasteiger partial charge in [0, 0.05) is 18.4 Å². The van der Waals surface area contributed by atoms with Crippen LogP contribution in [0, 0.1) is 0 Å². The lowest BCUT2D eigenvalue weighted by Gasteiger charge is -2.17. The first-order valence-electron chi connectivity index (χ1n) is 8.76. The highest BCUT2D eigenvalue weighted by Crippen LogP contribution is 2.20. The zero-order chi connectivity index (χ0) is 19.9. The summed E-state index contributed by atoms with van der Waals surface area (Å²) >= 11 is 0. The van der Waals surface area contributed by atoms with E-state index in [1.807, 2.05) is 54.6 Å². The van der Waals surface area contributed by atoms with Gasteiger partial charge in [0.1, 0.15) is 0 Å². The molecule has 1 unspecified atom stereocenters. The molecule has 0 saturated heterocycles. The molecule has 3 aromatic rings. The summed E-state index contributed by atoms with van der Waals surface area (Å²) in [4.78, 5) is 31.1. The summed E-state index contributed by atoms with van der Waals surface area (Å²) in [6, 6.07) is 17.2. The van der Waals surface area contributed by atoms with Crippen molar-refractivity contribution in [3.8, 4) is 11.1 Å². The van der Waals surface area contributed by atoms with Gasteiger partial charge in [0.05, 0.1) is 12.0 Å². The number of nitrogens with zero attached hydrogens (tertiary/aromatic N) is 2. The lowest BCUT2D eigenvalue weighted by molar-refractivity contribution is -0.137. The standard InChI is InChI=1S/C21H20N4O3/c22-21-23-12-17(13-24-21)20(28)25-18(11-19(26)27)10-14-6-8-16(9-7-14)15-4-2-1-3-5-15/h1-9,12-13,18H,10-11H2,(H,25,28)(H,26,27)(H2,22,23,24). The molecule has 0 saturated carbocycles. The zero-order valence-corrected chi connectivity index (χ0v) is 15.1. The average Bonchev–Trinajstić information content (AvgIpc) is 2.69. The van der Waals surface area contributed by atoms with Crippen molar-refractivity contribution >= 4 is 17.8 Å². The van der Waals surface area contributed by atoms with Gasteiger partial charge >= 0.3 is 5.97 Å². The summed E-state index contributed by atoms with van der Waals surface area (Å²) in [7, 11) is 0. The summed E-state index contributed by atoms with van der Waals surface area (Å²) in [5.41, 5.74) is 8.75. The number of rotatable bonds is 7. The molecule has 3 rings (SSSR count). The number of nitrogen functional groups attached to an aromatic ring is 1. The van der Waals surface area contributed by atoms with E-state index < -0.39 is 17.9 Å². The van der Waals surface area contributed by atoms with E-state index in [0.29, 0.717) is 6.42 Å². The molecule has 0 radical (unpaired) electrons. The third-order valence-electron chi connectivity index (χ3n) is 4.23. The van der Waals surface area contributed by atoms with Crippen LogP contribution in [0.5, 0.6) is 0 Å². The molecule has 7 nitrogen and oxygen atoms in total. The quantitative estimate of drug-likeness (QED) is 0.583. The molecule has 2 aromatic carbocycles. The molecule has 28 heavy (non-hydrogen) atoms. The second-order valence-corrected chi connectivity index (χ2v) is 6.37. The number of carboxylic acid groups (broad SMARTS) is 1. The SMILES string of the molecule is Nc1ncc(C(=O)NC(CC(=O)O)Cc2ccc(-c3ccccc3)cc2)cn1. The van der Waals surface area contributed by atoms with Crippen molar-refractivity contribution in [3.63, 3.8) is 0 Å². The number of hydrogen-bond donors (Lipinski definition) is 3. The van der Waals surface area contributed by atoms with Gasteiger partial charge in [-0.15, -0.1) is 0 Å². The molecule has 7 heteroatoms. The number of nitrogens with one attached hydrogen (secondary N) is 1. The fraction of sp³-hybridized carbons (Fsp3) is 0.143. The van der Waals surface area contributed by atoms with Gasteiger partial charge in [0.25, 0.3) is 5.91 Å². The summed E-state index contributed by atoms with van der Waals surface area (Å²) in [6.45, 7) is 0. The first-order chi connectivity index (χ1) is 13.5. The maximum Gasteiger partial charge on any atom is 0.305 e. The predicted octanol–water partition coefficient (Wildman–Crippen LogP) is 2.54. The number of carbonyl (C=O) groups is 2. The monoisotopic (exact) mass is 376 g/mol. The number of nitrogens with two attached hydrogens (primary N) is 1. The summed E-state index contributed by atoms with van der Waals surface area (Å²) in [5, 5.41) is 11.9. The summed E-state index contributed by atoms with van der Waals surface area (Å²) in [6.07, 6.45) is 2.82. The largest absolute Gasteiger partial charge is 0.481 e. The van der Waals surface area contributed by atoms with Crippen LogP contribution < -0.4 is 11.1 Å². The number of aliphatic carboxylic acids is 1. The predicted molar refractivity (Wildman–Crippen MR) is 106 cm³/mol. The van der Waals surface area contributed by atoms with Crippen LogP contribution in [0.4, 0.5) is 5.95 Å². The maximum atomic E-state index is 12.4. The maximum absolute atomic E-state index is 12.4. The number of hydrogen-bond acceptors (Lipinski definition) is 5. The Labute approximate surface area is 162 Å². The van der Waals surface area contributed by atoms with Crippen molar-refractivity contribution in [2.45, 2.75) is 18.9 Å². The van der Waals surface area contributed by atoms with Gasteiger partial charge in [0.15, 0.2) is 0 Å². The smallest absolute Gasteiger partial charge is 0.305 e. The molecule has 1 amide bonds. The van der Waals surface area contributed by atoms with E-state index in [4.69, 9.17) is 5.73 Å². The Morgan fingerprint density at radius 1 is 0.964 bits per heavy atom. The van der Waals surface area contributed by atoms with Crippen molar-refractivity contribution in [2.24, 2.45) is 0 Å². The minimum atomic E-state index is -0.986. The fourth-order valence-electron chi connectivity index (χ4n) is 2.86. The second kappa shape index (κ2) is 8.77. The van der Waals surface area contributed by atoms with Gasteiger partial charge in [0.2, 0.25) is 5.95 Å². The lowest BCUT2D eigenvalue weighted by atomic mass is 9.99. The normalized spacial score (nSPS) is 11.6. The molecule has 0 aliphatic rings. The molecule has 1 aromatic heterocycles. The number of aromatic nitrogens is 2. The Morgan fingerprint density at radius 3 is 2.18 bits per heavy atom. The van der Waals surface area contributed by atoms with E-state index in [2.05, 4.69) is 15.3 Å². The van der Waals surface area contributed by atoms with Gasteiger partial charge in [-0.05, 0) is 23.1 Å². The molecule has 1 atom stereocenters. The van der Waals surface area contributed by atoms with Gasteiger partial charge in [-0.1, -0.05) is 54.6 Å². The third-order valence-corrected chi connectivity index (χ3v) is 4.23. The van der Waals surface area contributed by atoms with Crippen LogP contribution in [0.2, 0.25) is 0 Å². The van der Waals surface area contributed by atoms with Crippen LogP contribution in [0.25, 0.3) is 11.1 Å². The second-order valence-electron chi connectivity index (χ2n) is 6.37. The van der Waals surface area contributed by atoms with Crippen LogP contribution >= 0.6 is 0 Å². The van der Waals surface area contributed by atoms with E-state index in [1.54, 1.807) is 0 Å². The lowest BCUT2D eigenvalue weighted by Crippen LogP contribution is -2.38. The number of carboxylic acids is 1. The number of benzene rings is 2. The number of carbonyl (C=O) groups excluding carboxylic acids is 1. The molecule has 0 aliphatic carbocycles. The Bertz CT molecular complexity index is 942. The Morgan fingerprint density at radius 2 is 1.57 bits per heavy atom. The van der Waals surface area contributed by atoms with E-state index in [-0.39, 0.29) is 17.9 Å². The molecular weight excluding hydrogens is 356 g/mol. The van der Waals surface area contributed by atoms with E-state index in [0.717, 1.165) is 16.7 Å². The molecule has 142 valence electrons. The molecular formula is C21H20N4O3. The first kappa shape index (κ1) is 19.0. The molecule has 0 spiro atoms. The van der Waals surface area contributed by atoms with Gasteiger partial charge in [-0.3, -0.25) is 9.59 Å². The minimum Gasteiger partial charge on any atom is -0.481 e. The van der Waals surface area contributed by atoms with Crippen molar-refractivity contribution in [1.82, 2.24) is 15.3 Å². The number of amides is 1. The van der Waals surface area contributed by atoms with Crippen molar-refractivity contribution in [3.05, 3.63) is 78.1 Å². The van der Waals surface area contributed by atoms with Crippen LogP contribution in [-0.2, 0) is 11.2 Å². The zero-order valence-electron chi connectivity index (χ0n) is 15.1. The highest BCUT2D eigenvalue weighted by Gasteiger charge is 2.18. The van der Waals surface area contributed by atoms with Crippen LogP contribution in [0.1, 0.15) is 22.3 Å². The van der Waals surface area contributed by atoms with E-state index in [1.165, 1.54) is 12.4 Å². The summed E-state index contributed by atoms with van der Waals surface area (Å²) in [5.74, 6) is -1.36. The Balaban J connectivity index is 1.70. The minimum absolute atomic E-state index is 0.0668. The fourth-order valence-corrected chi connectivity index (χ4v) is 2.86. The van der Waals surface area contributed by atoms with E-state index in [9.17, 15) is 14.7 Å². The van der Waals surface area contributed by atoms with E-state index >= 15 is 0 Å². The van der Waals surface area contributed by atoms with Crippen LogP contribution in [0.15, 0.2) is 67.0 Å². The average molecular weight is 376 g/mol. The summed E-state index contributed by atoms with van der Waals surface area (Å²) < 4.78 is 0. The molecule has 0 bridgehead atoms. The highest BCUT2D eigenvalue weighted by atomic mass is 16.4. The van der Waals surface area contributed by atoms with Gasteiger partial charge < -0.3 is 16.2 Å². The van der Waals surface area contributed by atoms with Crippen molar-refractivity contribution in [1.29, 1.82) is 0 Å². The topological polar surface area (TPSA) is 118 Å². The van der Waals surface area contributed by atoms with Crippen molar-refractivity contribution < 1.29 is 14.7 Å². The van der Waals surface area contributed by atoms with Crippen LogP contribution in [0.3, 0.4) is 0 Å². The van der Waals surface area contributed by atoms with Gasteiger partial charge in [-0.2, -0.15) is 0 Å². The molecule has 0 fully saturated rings. The Kier molecular flexibility index (Phi) is 5.96. The van der Waals surface area contributed by atoms with Gasteiger partial charge in [-0.25, -0.2) is 9.97 Å². The molecule has 1 heterocycles. The first-order valence-corrected chi connectivity index (χ1v) is 8.76. The van der Waals surface area contributed by atoms with Crippen molar-refractivity contribution in [2.75, 3.05) is 5.73 Å². The van der Waals surface area contributed by atoms with Crippen LogP contribution in [-0.4, -0.2) is 33.0 Å². The number of anilines is 1. The molecule has 4 N–H and O–H groups in total.